The fourth-order valence-electron chi connectivity index (χ4n) is 4.07. The van der Waals surface area contributed by atoms with Crippen molar-refractivity contribution in [2.75, 3.05) is 6.54 Å². The smallest absolute Gasteiger partial charge is 0.243 e. The number of carbonyl (C=O) groups excluding carboxylic acids is 4. The molecule has 10 heteroatoms. The van der Waals surface area contributed by atoms with Gasteiger partial charge in [-0.25, -0.2) is 0 Å². The molecule has 0 unspecified atom stereocenters. The molecule has 198 valence electrons. The van der Waals surface area contributed by atoms with E-state index in [4.69, 9.17) is 5.73 Å². The molecule has 0 aliphatic carbocycles. The Balaban J connectivity index is 1.48. The molecule has 0 aromatic heterocycles. The van der Waals surface area contributed by atoms with Gasteiger partial charge in [0.15, 0.2) is 0 Å². The van der Waals surface area contributed by atoms with Crippen molar-refractivity contribution >= 4 is 23.6 Å². The summed E-state index contributed by atoms with van der Waals surface area (Å²) in [6.45, 7) is 1.95. The van der Waals surface area contributed by atoms with Gasteiger partial charge in [0.25, 0.3) is 0 Å². The number of nitrogens with one attached hydrogen (secondary N) is 4. The van der Waals surface area contributed by atoms with E-state index >= 15 is 0 Å². The highest BCUT2D eigenvalue weighted by Gasteiger charge is 2.32. The molecule has 0 spiro atoms. The molecule has 3 rings (SSSR count). The summed E-state index contributed by atoms with van der Waals surface area (Å²) in [5.41, 5.74) is 7.72. The van der Waals surface area contributed by atoms with Crippen LogP contribution >= 0.6 is 0 Å². The first-order valence-corrected chi connectivity index (χ1v) is 12.5. The maximum Gasteiger partial charge on any atom is 0.243 e. The average molecular weight is 510 g/mol. The fourth-order valence-corrected chi connectivity index (χ4v) is 4.07. The quantitative estimate of drug-likeness (QED) is 0.252. The number of amides is 4. The van der Waals surface area contributed by atoms with Gasteiger partial charge >= 0.3 is 0 Å². The zero-order valence-corrected chi connectivity index (χ0v) is 20.9. The van der Waals surface area contributed by atoms with Crippen molar-refractivity contribution in [3.63, 3.8) is 0 Å². The van der Waals surface area contributed by atoms with Crippen LogP contribution in [-0.4, -0.2) is 59.4 Å². The summed E-state index contributed by atoms with van der Waals surface area (Å²) in [7, 11) is 0. The van der Waals surface area contributed by atoms with E-state index in [1.165, 1.54) is 0 Å². The number of rotatable bonds is 10. The molecule has 4 atom stereocenters. The Kier molecular flexibility index (Phi) is 10.0. The number of hydrogen-bond acceptors (Lipinski definition) is 6. The van der Waals surface area contributed by atoms with Crippen LogP contribution in [0.25, 0.3) is 0 Å². The van der Waals surface area contributed by atoms with Gasteiger partial charge in [0.2, 0.25) is 23.6 Å². The van der Waals surface area contributed by atoms with E-state index in [9.17, 15) is 24.3 Å². The molecule has 1 fully saturated rings. The third-order valence-electron chi connectivity index (χ3n) is 6.25. The van der Waals surface area contributed by atoms with E-state index in [1.807, 2.05) is 30.3 Å². The van der Waals surface area contributed by atoms with Crippen molar-refractivity contribution in [3.05, 3.63) is 65.7 Å². The maximum absolute atomic E-state index is 13.0. The largest absolute Gasteiger partial charge is 0.508 e. The van der Waals surface area contributed by atoms with Crippen molar-refractivity contribution < 1.29 is 24.3 Å². The predicted molar refractivity (Wildman–Crippen MR) is 138 cm³/mol. The maximum atomic E-state index is 13.0. The Labute approximate surface area is 216 Å². The number of hydrogen-bond donors (Lipinski definition) is 6. The van der Waals surface area contributed by atoms with Gasteiger partial charge in [0, 0.05) is 13.0 Å². The summed E-state index contributed by atoms with van der Waals surface area (Å²) in [4.78, 5) is 50.5. The predicted octanol–water partition coefficient (Wildman–Crippen LogP) is 0.279. The van der Waals surface area contributed by atoms with Gasteiger partial charge in [-0.15, -0.1) is 0 Å². The molecule has 1 aliphatic heterocycles. The summed E-state index contributed by atoms with van der Waals surface area (Å²) in [6.07, 6.45) is 2.15. The van der Waals surface area contributed by atoms with Gasteiger partial charge < -0.3 is 32.1 Å². The Morgan fingerprint density at radius 2 is 1.54 bits per heavy atom. The van der Waals surface area contributed by atoms with Crippen LogP contribution in [0.15, 0.2) is 54.6 Å². The molecular weight excluding hydrogens is 474 g/mol. The van der Waals surface area contributed by atoms with E-state index in [-0.39, 0.29) is 11.7 Å². The van der Waals surface area contributed by atoms with E-state index in [1.54, 1.807) is 31.2 Å². The third-order valence-corrected chi connectivity index (χ3v) is 6.25. The number of phenols is 1. The average Bonchev–Trinajstić information content (AvgIpc) is 2.91. The highest BCUT2D eigenvalue weighted by atomic mass is 16.3. The van der Waals surface area contributed by atoms with Gasteiger partial charge in [-0.3, -0.25) is 19.2 Å². The molecule has 1 saturated heterocycles. The van der Waals surface area contributed by atoms with Crippen LogP contribution in [-0.2, 0) is 32.0 Å². The summed E-state index contributed by atoms with van der Waals surface area (Å²) >= 11 is 0. The van der Waals surface area contributed by atoms with Crippen molar-refractivity contribution in [2.45, 2.75) is 63.2 Å². The summed E-state index contributed by atoms with van der Waals surface area (Å²) in [6, 6.07) is 12.8. The van der Waals surface area contributed by atoms with Crippen LogP contribution in [0.5, 0.6) is 5.75 Å². The van der Waals surface area contributed by atoms with Crippen molar-refractivity contribution in [2.24, 2.45) is 5.73 Å². The normalized spacial score (nSPS) is 20.9. The van der Waals surface area contributed by atoms with Gasteiger partial charge in [0.05, 0.1) is 6.04 Å². The van der Waals surface area contributed by atoms with Gasteiger partial charge in [-0.2, -0.15) is 0 Å². The molecule has 0 radical (unpaired) electrons. The highest BCUT2D eigenvalue weighted by molar-refractivity contribution is 5.97. The molecule has 1 aliphatic rings. The van der Waals surface area contributed by atoms with Crippen molar-refractivity contribution in [1.29, 1.82) is 0 Å². The number of carbonyl (C=O) groups is 4. The SMILES string of the molecule is C[C@@H]1NC(=O)[C@H](Cc2ccccc2)NC(=O)[C@@H](CCCCNC(=O)[C@@H](N)Cc2ccc(O)cc2)NC1=O. The minimum Gasteiger partial charge on any atom is -0.508 e. The van der Waals surface area contributed by atoms with Crippen LogP contribution in [0.2, 0.25) is 0 Å². The molecule has 0 saturated carbocycles. The van der Waals surface area contributed by atoms with Gasteiger partial charge in [-0.1, -0.05) is 42.5 Å². The summed E-state index contributed by atoms with van der Waals surface area (Å²) in [5.74, 6) is -1.40. The Bertz CT molecular complexity index is 1080. The van der Waals surface area contributed by atoms with Crippen molar-refractivity contribution in [3.8, 4) is 5.75 Å². The fraction of sp³-hybridized carbons (Fsp3) is 0.407. The van der Waals surface area contributed by atoms with E-state index in [0.717, 1.165) is 11.1 Å². The second-order valence-electron chi connectivity index (χ2n) is 9.31. The zero-order valence-electron chi connectivity index (χ0n) is 20.9. The molecular formula is C27H35N5O5. The van der Waals surface area contributed by atoms with Crippen LogP contribution in [0, 0.1) is 0 Å². The molecule has 2 aromatic carbocycles. The first kappa shape index (κ1) is 27.7. The first-order valence-electron chi connectivity index (χ1n) is 12.5. The lowest BCUT2D eigenvalue weighted by Gasteiger charge is -2.20. The second-order valence-corrected chi connectivity index (χ2v) is 9.31. The number of nitrogens with two attached hydrogens (primary N) is 1. The van der Waals surface area contributed by atoms with E-state index in [2.05, 4.69) is 21.3 Å². The number of phenolic OH excluding ortho intramolecular Hbond substituents is 1. The lowest BCUT2D eigenvalue weighted by Crippen LogP contribution is -2.51. The number of aromatic hydroxyl groups is 1. The first-order chi connectivity index (χ1) is 17.7. The Morgan fingerprint density at radius 3 is 2.24 bits per heavy atom. The molecule has 4 amide bonds. The van der Waals surface area contributed by atoms with Gasteiger partial charge in [-0.05, 0) is 55.9 Å². The Morgan fingerprint density at radius 1 is 0.892 bits per heavy atom. The molecule has 10 nitrogen and oxygen atoms in total. The van der Waals surface area contributed by atoms with Crippen LogP contribution in [0.1, 0.15) is 37.3 Å². The van der Waals surface area contributed by atoms with E-state index < -0.39 is 41.9 Å². The lowest BCUT2D eigenvalue weighted by molar-refractivity contribution is -0.129. The van der Waals surface area contributed by atoms with Crippen molar-refractivity contribution in [1.82, 2.24) is 21.3 Å². The molecule has 0 bridgehead atoms. The standard InChI is InChI=1S/C27H35N5O5/c1-17-24(34)31-22(26(36)32-23(27(37)30-17)16-18-7-3-2-4-8-18)9-5-6-14-29-25(35)21(28)15-19-10-12-20(33)13-11-19/h2-4,7-8,10-13,17,21-23,33H,5-6,9,14-16,28H2,1H3,(H,29,35)(H,30,37)(H,31,34)(H,32,36)/t17-,21-,22+,23-/m0/s1. The summed E-state index contributed by atoms with van der Waals surface area (Å²) in [5, 5.41) is 20.3. The molecule has 37 heavy (non-hydrogen) atoms. The zero-order chi connectivity index (χ0) is 26.8. The molecule has 1 heterocycles. The number of unbranched alkanes of at least 4 members (excludes halogenated alkanes) is 1. The Hall–Kier alpha value is -3.92. The monoisotopic (exact) mass is 509 g/mol. The minimum absolute atomic E-state index is 0.149. The molecule has 2 aromatic rings. The minimum atomic E-state index is -0.804. The lowest BCUT2D eigenvalue weighted by atomic mass is 10.0. The van der Waals surface area contributed by atoms with Crippen LogP contribution in [0.3, 0.4) is 0 Å². The van der Waals surface area contributed by atoms with Crippen LogP contribution in [0.4, 0.5) is 0 Å². The van der Waals surface area contributed by atoms with E-state index in [0.29, 0.717) is 38.6 Å². The number of benzene rings is 2. The third kappa shape index (κ3) is 8.60. The molecule has 7 N–H and O–H groups in total. The summed E-state index contributed by atoms with van der Waals surface area (Å²) < 4.78 is 0. The highest BCUT2D eigenvalue weighted by Crippen LogP contribution is 2.11. The van der Waals surface area contributed by atoms with Crippen LogP contribution < -0.4 is 27.0 Å². The topological polar surface area (TPSA) is 163 Å². The van der Waals surface area contributed by atoms with Gasteiger partial charge in [0.1, 0.15) is 23.9 Å². The second kappa shape index (κ2) is 13.4.